The van der Waals surface area contributed by atoms with Gasteiger partial charge < -0.3 is 4.90 Å². The number of benzene rings is 4. The first-order valence-corrected chi connectivity index (χ1v) is 8.44. The Balaban J connectivity index is 0.000000409. The molecule has 0 aliphatic heterocycles. The van der Waals surface area contributed by atoms with E-state index in [2.05, 4.69) is 61.5 Å². The molecule has 27 heavy (non-hydrogen) atoms. The first kappa shape index (κ1) is 24.7. The summed E-state index contributed by atoms with van der Waals surface area (Å²) in [6.07, 6.45) is 0. The Labute approximate surface area is 181 Å². The van der Waals surface area contributed by atoms with Crippen molar-refractivity contribution in [1.29, 1.82) is 0 Å². The Kier molecular flexibility index (Phi) is 13.6. The predicted octanol–water partition coefficient (Wildman–Crippen LogP) is 6.53. The predicted molar refractivity (Wildman–Crippen MR) is 124 cm³/mol. The van der Waals surface area contributed by atoms with Gasteiger partial charge in [-0.05, 0) is 11.5 Å². The zero-order valence-corrected chi connectivity index (χ0v) is 18.3. The van der Waals surface area contributed by atoms with Crippen molar-refractivity contribution < 1.29 is 0 Å². The third-order valence-electron chi connectivity index (χ3n) is 3.58. The topological polar surface area (TPSA) is 3.24 Å². The Morgan fingerprint density at radius 3 is 1.26 bits per heavy atom. The van der Waals surface area contributed by atoms with E-state index in [4.69, 9.17) is 0 Å². The van der Waals surface area contributed by atoms with Crippen LogP contribution in [0.1, 0.15) is 7.43 Å². The van der Waals surface area contributed by atoms with E-state index < -0.39 is 0 Å². The molecule has 0 saturated heterocycles. The van der Waals surface area contributed by atoms with Crippen LogP contribution in [0.2, 0.25) is 0 Å². The molecule has 138 valence electrons. The van der Waals surface area contributed by atoms with Crippen molar-refractivity contribution in [2.75, 3.05) is 19.0 Å². The maximum absolute atomic E-state index is 2.16. The van der Waals surface area contributed by atoms with E-state index in [1.165, 1.54) is 16.5 Å². The van der Waals surface area contributed by atoms with E-state index in [0.29, 0.717) is 0 Å². The summed E-state index contributed by atoms with van der Waals surface area (Å²) < 4.78 is 0. The van der Waals surface area contributed by atoms with Crippen LogP contribution in [0, 0.1) is 0 Å². The number of hydrogen-bond acceptors (Lipinski definition) is 1. The van der Waals surface area contributed by atoms with Gasteiger partial charge in [-0.1, -0.05) is 117 Å². The third kappa shape index (κ3) is 9.30. The largest absolute Gasteiger partial charge is 0.377 e. The summed E-state index contributed by atoms with van der Waals surface area (Å²) in [6, 6.07) is 38.8. The van der Waals surface area contributed by atoms with E-state index in [9.17, 15) is 0 Å². The van der Waals surface area contributed by atoms with Crippen LogP contribution in [0.25, 0.3) is 10.8 Å². The molecule has 4 rings (SSSR count). The monoisotopic (exact) mass is 463 g/mol. The Morgan fingerprint density at radius 1 is 0.481 bits per heavy atom. The van der Waals surface area contributed by atoms with Gasteiger partial charge in [0.2, 0.25) is 0 Å². The molecule has 0 saturated carbocycles. The molecule has 0 bridgehead atoms. The van der Waals surface area contributed by atoms with Gasteiger partial charge in [0.25, 0.3) is 0 Å². The van der Waals surface area contributed by atoms with Gasteiger partial charge in [0, 0.05) is 49.1 Å². The van der Waals surface area contributed by atoms with Gasteiger partial charge in [-0.15, -0.1) is 0 Å². The zero-order valence-electron chi connectivity index (χ0n) is 15.4. The summed E-state index contributed by atoms with van der Waals surface area (Å²) in [4.78, 5) is 2.14. The molecule has 0 aliphatic carbocycles. The van der Waals surface area contributed by atoms with Crippen molar-refractivity contribution in [2.45, 2.75) is 7.43 Å². The SMILES string of the molecule is C.CN(C)c1cccc2ccccc12.[Sn].c1ccccc1.c1ccccc1. The summed E-state index contributed by atoms with van der Waals surface area (Å²) in [5.41, 5.74) is 1.28. The average Bonchev–Trinajstić information content (AvgIpc) is 2.71. The summed E-state index contributed by atoms with van der Waals surface area (Å²) in [5.74, 6) is 0. The smallest absolute Gasteiger partial charge is 0.0440 e. The molecule has 0 fully saturated rings. The van der Waals surface area contributed by atoms with Gasteiger partial charge in [-0.2, -0.15) is 0 Å². The molecular weight excluding hydrogens is 433 g/mol. The van der Waals surface area contributed by atoms with Gasteiger partial charge in [0.1, 0.15) is 0 Å². The van der Waals surface area contributed by atoms with Crippen LogP contribution in [-0.2, 0) is 0 Å². The minimum Gasteiger partial charge on any atom is -0.377 e. The van der Waals surface area contributed by atoms with Gasteiger partial charge in [0.05, 0.1) is 0 Å². The molecule has 4 aromatic rings. The van der Waals surface area contributed by atoms with Crippen molar-refractivity contribution in [3.63, 3.8) is 0 Å². The first-order chi connectivity index (χ1) is 12.3. The minimum atomic E-state index is 0. The Morgan fingerprint density at radius 2 is 0.852 bits per heavy atom. The molecular formula is C25H29NSn. The fourth-order valence-corrected chi connectivity index (χ4v) is 2.37. The molecule has 0 amide bonds. The van der Waals surface area contributed by atoms with Crippen molar-refractivity contribution in [2.24, 2.45) is 0 Å². The second-order valence-corrected chi connectivity index (χ2v) is 5.70. The number of anilines is 1. The molecule has 0 aliphatic rings. The van der Waals surface area contributed by atoms with E-state index in [-0.39, 0.29) is 31.3 Å². The standard InChI is InChI=1S/C12H13N.2C6H6.CH4.Sn/c1-13(2)12-9-5-7-10-6-3-4-8-11(10)12;2*1-2-4-6-5-3-1;;/h3-9H,1-2H3;2*1-6H;1H4;. The Hall–Kier alpha value is -2.26. The third-order valence-corrected chi connectivity index (χ3v) is 3.58. The second kappa shape index (κ2) is 14.9. The van der Waals surface area contributed by atoms with Crippen molar-refractivity contribution in [3.05, 3.63) is 115 Å². The maximum atomic E-state index is 2.16. The average molecular weight is 462 g/mol. The number of rotatable bonds is 1. The summed E-state index contributed by atoms with van der Waals surface area (Å²) in [7, 11) is 4.14. The van der Waals surface area contributed by atoms with Crippen molar-refractivity contribution in [3.8, 4) is 0 Å². The number of hydrogen-bond donors (Lipinski definition) is 0. The fraction of sp³-hybridized carbons (Fsp3) is 0.120. The maximum Gasteiger partial charge on any atom is 0.0440 e. The van der Waals surface area contributed by atoms with Gasteiger partial charge in [-0.25, -0.2) is 0 Å². The van der Waals surface area contributed by atoms with Crippen LogP contribution < -0.4 is 4.90 Å². The molecule has 4 aromatic carbocycles. The molecule has 1 nitrogen and oxygen atoms in total. The Bertz CT molecular complexity index is 740. The molecule has 2 heteroatoms. The van der Waals surface area contributed by atoms with Crippen LogP contribution in [-0.4, -0.2) is 38.0 Å². The molecule has 0 unspecified atom stereocenters. The molecule has 0 heterocycles. The van der Waals surface area contributed by atoms with Crippen molar-refractivity contribution >= 4 is 40.4 Å². The number of nitrogens with zero attached hydrogens (tertiary/aromatic N) is 1. The first-order valence-electron chi connectivity index (χ1n) is 8.44. The van der Waals surface area contributed by atoms with Crippen LogP contribution in [0.3, 0.4) is 0 Å². The van der Waals surface area contributed by atoms with Crippen molar-refractivity contribution in [1.82, 2.24) is 0 Å². The van der Waals surface area contributed by atoms with Crippen LogP contribution in [0.5, 0.6) is 0 Å². The minimum absolute atomic E-state index is 0. The summed E-state index contributed by atoms with van der Waals surface area (Å²) >= 11 is 0. The molecule has 0 aromatic heterocycles. The summed E-state index contributed by atoms with van der Waals surface area (Å²) in [5, 5.41) is 2.61. The van der Waals surface area contributed by atoms with E-state index in [0.717, 1.165) is 0 Å². The van der Waals surface area contributed by atoms with Gasteiger partial charge in [0.15, 0.2) is 0 Å². The van der Waals surface area contributed by atoms with E-state index in [1.807, 2.05) is 72.8 Å². The molecule has 0 N–H and O–H groups in total. The van der Waals surface area contributed by atoms with Crippen LogP contribution in [0.15, 0.2) is 115 Å². The molecule has 4 radical (unpaired) electrons. The molecule has 0 spiro atoms. The van der Waals surface area contributed by atoms with E-state index >= 15 is 0 Å². The summed E-state index contributed by atoms with van der Waals surface area (Å²) in [6.45, 7) is 0. The number of fused-ring (bicyclic) bond motifs is 1. The second-order valence-electron chi connectivity index (χ2n) is 5.70. The zero-order chi connectivity index (χ0) is 17.7. The van der Waals surface area contributed by atoms with E-state index in [1.54, 1.807) is 0 Å². The molecule has 0 atom stereocenters. The van der Waals surface area contributed by atoms with Gasteiger partial charge in [-0.3, -0.25) is 0 Å². The normalized spacial score (nSPS) is 8.52. The quantitative estimate of drug-likeness (QED) is 0.291. The van der Waals surface area contributed by atoms with Crippen LogP contribution >= 0.6 is 0 Å². The fourth-order valence-electron chi connectivity index (χ4n) is 2.37. The van der Waals surface area contributed by atoms with Crippen LogP contribution in [0.4, 0.5) is 5.69 Å². The van der Waals surface area contributed by atoms with Gasteiger partial charge >= 0.3 is 0 Å².